The third-order valence-electron chi connectivity index (χ3n) is 3.17. The highest BCUT2D eigenvalue weighted by atomic mass is 16.5. The summed E-state index contributed by atoms with van der Waals surface area (Å²) < 4.78 is 4.91. The van der Waals surface area contributed by atoms with Crippen LogP contribution in [0.4, 0.5) is 0 Å². The Kier molecular flexibility index (Phi) is 5.75. The lowest BCUT2D eigenvalue weighted by molar-refractivity contribution is -0.139. The number of carboxylic acid groups (broad SMARTS) is 1. The van der Waals surface area contributed by atoms with Gasteiger partial charge in [0.15, 0.2) is 0 Å². The SMILES string of the molecule is COCCN1C[C@@H](C(=O)N(C)CCC(=O)O)CC1=O. The van der Waals surface area contributed by atoms with Crippen molar-refractivity contribution in [2.75, 3.05) is 40.4 Å². The van der Waals surface area contributed by atoms with Gasteiger partial charge >= 0.3 is 5.97 Å². The highest BCUT2D eigenvalue weighted by Crippen LogP contribution is 2.19. The summed E-state index contributed by atoms with van der Waals surface area (Å²) in [6.07, 6.45) is 0.107. The van der Waals surface area contributed by atoms with Crippen molar-refractivity contribution >= 4 is 17.8 Å². The molecule has 1 rings (SSSR count). The number of likely N-dealkylation sites (tertiary alicyclic amines) is 1. The van der Waals surface area contributed by atoms with Gasteiger partial charge in [0.25, 0.3) is 0 Å². The molecule has 0 spiro atoms. The Morgan fingerprint density at radius 3 is 2.79 bits per heavy atom. The molecule has 0 unspecified atom stereocenters. The second-order valence-electron chi connectivity index (χ2n) is 4.64. The van der Waals surface area contributed by atoms with Gasteiger partial charge in [-0.05, 0) is 0 Å². The van der Waals surface area contributed by atoms with E-state index in [1.165, 1.54) is 4.90 Å². The van der Waals surface area contributed by atoms with E-state index >= 15 is 0 Å². The van der Waals surface area contributed by atoms with Crippen molar-refractivity contribution in [1.82, 2.24) is 9.80 Å². The molecule has 1 fully saturated rings. The molecule has 1 atom stereocenters. The molecule has 0 radical (unpaired) electrons. The number of rotatable bonds is 7. The van der Waals surface area contributed by atoms with Crippen LogP contribution in [-0.4, -0.2) is 73.1 Å². The number of methoxy groups -OCH3 is 1. The zero-order chi connectivity index (χ0) is 14.4. The fraction of sp³-hybridized carbons (Fsp3) is 0.750. The van der Waals surface area contributed by atoms with Gasteiger partial charge < -0.3 is 19.6 Å². The first kappa shape index (κ1) is 15.4. The molecule has 0 bridgehead atoms. The smallest absolute Gasteiger partial charge is 0.305 e. The summed E-state index contributed by atoms with van der Waals surface area (Å²) in [5.74, 6) is -1.54. The van der Waals surface area contributed by atoms with Crippen LogP contribution in [0.25, 0.3) is 0 Å². The summed E-state index contributed by atoms with van der Waals surface area (Å²) in [7, 11) is 3.12. The average molecular weight is 272 g/mol. The van der Waals surface area contributed by atoms with E-state index in [0.29, 0.717) is 19.7 Å². The third kappa shape index (κ3) is 4.51. The van der Waals surface area contributed by atoms with Crippen LogP contribution in [0.5, 0.6) is 0 Å². The number of carbonyl (C=O) groups excluding carboxylic acids is 2. The van der Waals surface area contributed by atoms with Crippen LogP contribution >= 0.6 is 0 Å². The molecule has 7 nitrogen and oxygen atoms in total. The van der Waals surface area contributed by atoms with Crippen LogP contribution in [0.2, 0.25) is 0 Å². The highest BCUT2D eigenvalue weighted by molar-refractivity contribution is 5.89. The van der Waals surface area contributed by atoms with Crippen molar-refractivity contribution in [2.45, 2.75) is 12.8 Å². The van der Waals surface area contributed by atoms with Crippen LogP contribution in [0.1, 0.15) is 12.8 Å². The maximum atomic E-state index is 12.0. The van der Waals surface area contributed by atoms with Crippen LogP contribution in [0.3, 0.4) is 0 Å². The Morgan fingerprint density at radius 1 is 1.53 bits per heavy atom. The molecule has 7 heteroatoms. The monoisotopic (exact) mass is 272 g/mol. The lowest BCUT2D eigenvalue weighted by Crippen LogP contribution is -2.36. The van der Waals surface area contributed by atoms with Gasteiger partial charge in [0.2, 0.25) is 11.8 Å². The van der Waals surface area contributed by atoms with Gasteiger partial charge in [0.05, 0.1) is 18.9 Å². The number of ether oxygens (including phenoxy) is 1. The van der Waals surface area contributed by atoms with E-state index in [-0.39, 0.29) is 37.1 Å². The standard InChI is InChI=1S/C12H20N2O5/c1-13(4-3-11(16)17)12(18)9-7-10(15)14(8-9)5-6-19-2/h9H,3-8H2,1-2H3,(H,16,17)/t9-/m0/s1. The third-order valence-corrected chi connectivity index (χ3v) is 3.17. The van der Waals surface area contributed by atoms with Gasteiger partial charge in [-0.25, -0.2) is 0 Å². The van der Waals surface area contributed by atoms with Crippen LogP contribution in [0, 0.1) is 5.92 Å². The lowest BCUT2D eigenvalue weighted by atomic mass is 10.1. The molecule has 108 valence electrons. The Balaban J connectivity index is 2.45. The minimum atomic E-state index is -0.941. The molecule has 1 N–H and O–H groups in total. The Labute approximate surface area is 112 Å². The quantitative estimate of drug-likeness (QED) is 0.669. The molecule has 19 heavy (non-hydrogen) atoms. The van der Waals surface area contributed by atoms with Crippen LogP contribution in [-0.2, 0) is 19.1 Å². The summed E-state index contributed by atoms with van der Waals surface area (Å²) in [4.78, 5) is 37.2. The number of amides is 2. The van der Waals surface area contributed by atoms with Crippen molar-refractivity contribution in [2.24, 2.45) is 5.92 Å². The van der Waals surface area contributed by atoms with Gasteiger partial charge in [0.1, 0.15) is 0 Å². The first-order valence-electron chi connectivity index (χ1n) is 6.19. The fourth-order valence-electron chi connectivity index (χ4n) is 2.04. The average Bonchev–Trinajstić information content (AvgIpc) is 2.73. The zero-order valence-electron chi connectivity index (χ0n) is 11.3. The van der Waals surface area contributed by atoms with E-state index in [2.05, 4.69) is 0 Å². The zero-order valence-corrected chi connectivity index (χ0v) is 11.3. The molecule has 0 aromatic heterocycles. The summed E-state index contributed by atoms with van der Waals surface area (Å²) in [6, 6.07) is 0. The van der Waals surface area contributed by atoms with E-state index < -0.39 is 5.97 Å². The molecule has 0 aromatic rings. The predicted octanol–water partition coefficient (Wildman–Crippen LogP) is -0.586. The van der Waals surface area contributed by atoms with Gasteiger partial charge in [-0.2, -0.15) is 0 Å². The largest absolute Gasteiger partial charge is 0.481 e. The number of hydrogen-bond donors (Lipinski definition) is 1. The first-order chi connectivity index (χ1) is 8.95. The molecule has 1 aliphatic heterocycles. The van der Waals surface area contributed by atoms with Gasteiger partial charge in [0, 0.05) is 40.2 Å². The highest BCUT2D eigenvalue weighted by Gasteiger charge is 2.35. The van der Waals surface area contributed by atoms with Crippen molar-refractivity contribution in [3.63, 3.8) is 0 Å². The minimum absolute atomic E-state index is 0.0537. The maximum Gasteiger partial charge on any atom is 0.305 e. The summed E-state index contributed by atoms with van der Waals surface area (Å²) in [6.45, 7) is 1.48. The summed E-state index contributed by atoms with van der Waals surface area (Å²) >= 11 is 0. The molecule has 1 heterocycles. The Morgan fingerprint density at radius 2 is 2.21 bits per heavy atom. The van der Waals surface area contributed by atoms with E-state index in [1.807, 2.05) is 0 Å². The maximum absolute atomic E-state index is 12.0. The number of hydrogen-bond acceptors (Lipinski definition) is 4. The van der Waals surface area contributed by atoms with Gasteiger partial charge in [-0.1, -0.05) is 0 Å². The molecule has 1 aliphatic rings. The van der Waals surface area contributed by atoms with Crippen LogP contribution in [0.15, 0.2) is 0 Å². The van der Waals surface area contributed by atoms with E-state index in [9.17, 15) is 14.4 Å². The molecular formula is C12H20N2O5. The minimum Gasteiger partial charge on any atom is -0.481 e. The van der Waals surface area contributed by atoms with Crippen molar-refractivity contribution in [3.05, 3.63) is 0 Å². The van der Waals surface area contributed by atoms with Crippen molar-refractivity contribution < 1.29 is 24.2 Å². The van der Waals surface area contributed by atoms with E-state index in [1.54, 1.807) is 19.1 Å². The molecule has 2 amide bonds. The van der Waals surface area contributed by atoms with Crippen molar-refractivity contribution in [3.8, 4) is 0 Å². The number of aliphatic carboxylic acids is 1. The second-order valence-corrected chi connectivity index (χ2v) is 4.64. The number of nitrogens with zero attached hydrogens (tertiary/aromatic N) is 2. The van der Waals surface area contributed by atoms with E-state index in [0.717, 1.165) is 0 Å². The van der Waals surface area contributed by atoms with Crippen molar-refractivity contribution in [1.29, 1.82) is 0 Å². The molecule has 1 saturated heterocycles. The second kappa shape index (κ2) is 7.08. The lowest BCUT2D eigenvalue weighted by Gasteiger charge is -2.20. The predicted molar refractivity (Wildman–Crippen MR) is 66.5 cm³/mol. The molecular weight excluding hydrogens is 252 g/mol. The molecule has 0 saturated carbocycles. The fourth-order valence-corrected chi connectivity index (χ4v) is 2.04. The van der Waals surface area contributed by atoms with E-state index in [4.69, 9.17) is 9.84 Å². The molecule has 0 aromatic carbocycles. The Hall–Kier alpha value is -1.63. The van der Waals surface area contributed by atoms with Gasteiger partial charge in [-0.3, -0.25) is 14.4 Å². The topological polar surface area (TPSA) is 87.2 Å². The first-order valence-corrected chi connectivity index (χ1v) is 6.19. The number of carbonyl (C=O) groups is 3. The normalized spacial score (nSPS) is 18.7. The van der Waals surface area contributed by atoms with Gasteiger partial charge in [-0.15, -0.1) is 0 Å². The summed E-state index contributed by atoms with van der Waals surface area (Å²) in [5.41, 5.74) is 0. The Bertz CT molecular complexity index is 358. The number of carboxylic acids is 1. The van der Waals surface area contributed by atoms with Crippen LogP contribution < -0.4 is 0 Å². The molecule has 0 aliphatic carbocycles. The summed E-state index contributed by atoms with van der Waals surface area (Å²) in [5, 5.41) is 8.58.